The van der Waals surface area contributed by atoms with Crippen LogP contribution in [0.25, 0.3) is 22.8 Å². The Bertz CT molecular complexity index is 1280. The molecule has 0 spiro atoms. The summed E-state index contributed by atoms with van der Waals surface area (Å²) in [6.07, 6.45) is 0. The molecule has 33 heavy (non-hydrogen) atoms. The third-order valence-electron chi connectivity index (χ3n) is 5.19. The summed E-state index contributed by atoms with van der Waals surface area (Å²) in [7, 11) is 1.63. The van der Waals surface area contributed by atoms with Crippen molar-refractivity contribution in [1.82, 2.24) is 15.0 Å². The van der Waals surface area contributed by atoms with E-state index in [0.717, 1.165) is 22.5 Å². The lowest BCUT2D eigenvalue weighted by molar-refractivity contribution is -0.734. The first-order chi connectivity index (χ1) is 16.3. The van der Waals surface area contributed by atoms with Crippen LogP contribution < -0.4 is 14.3 Å². The van der Waals surface area contributed by atoms with E-state index in [1.807, 2.05) is 109 Å². The molecule has 0 aliphatic rings. The largest absolute Gasteiger partial charge is 0.493 e. The Hall–Kier alpha value is -4.45. The van der Waals surface area contributed by atoms with E-state index in [9.17, 15) is 0 Å². The predicted molar refractivity (Wildman–Crippen MR) is 126 cm³/mol. The lowest BCUT2D eigenvalue weighted by Gasteiger charge is -2.11. The number of benzene rings is 4. The summed E-state index contributed by atoms with van der Waals surface area (Å²) in [5.74, 6) is 1.88. The van der Waals surface area contributed by atoms with Crippen LogP contribution in [0.4, 0.5) is 0 Å². The Labute approximate surface area is 192 Å². The van der Waals surface area contributed by atoms with Crippen LogP contribution in [0.1, 0.15) is 5.56 Å². The highest BCUT2D eigenvalue weighted by molar-refractivity contribution is 5.60. The highest BCUT2D eigenvalue weighted by Gasteiger charge is 2.24. The Morgan fingerprint density at radius 3 is 2.12 bits per heavy atom. The highest BCUT2D eigenvalue weighted by atomic mass is 16.5. The fourth-order valence-corrected chi connectivity index (χ4v) is 3.52. The number of nitrogens with zero attached hydrogens (tertiary/aromatic N) is 4. The van der Waals surface area contributed by atoms with Crippen molar-refractivity contribution in [2.75, 3.05) is 7.11 Å². The van der Waals surface area contributed by atoms with Gasteiger partial charge in [-0.15, -0.1) is 0 Å². The van der Waals surface area contributed by atoms with Crippen molar-refractivity contribution in [3.05, 3.63) is 115 Å². The third kappa shape index (κ3) is 4.45. The van der Waals surface area contributed by atoms with Gasteiger partial charge in [0, 0.05) is 4.80 Å². The van der Waals surface area contributed by atoms with Gasteiger partial charge in [0.1, 0.15) is 12.3 Å². The summed E-state index contributed by atoms with van der Waals surface area (Å²) in [6.45, 7) is 0.464. The number of aromatic nitrogens is 4. The third-order valence-corrected chi connectivity index (χ3v) is 5.19. The normalized spacial score (nSPS) is 10.7. The Balaban J connectivity index is 1.50. The zero-order valence-corrected chi connectivity index (χ0v) is 18.2. The van der Waals surface area contributed by atoms with Crippen LogP contribution in [-0.2, 0) is 6.61 Å². The summed E-state index contributed by atoms with van der Waals surface area (Å²) < 4.78 is 11.6. The highest BCUT2D eigenvalue weighted by Crippen LogP contribution is 2.32. The van der Waals surface area contributed by atoms with Crippen LogP contribution in [0, 0.1) is 0 Å². The Morgan fingerprint density at radius 2 is 1.42 bits per heavy atom. The first-order valence-corrected chi connectivity index (χ1v) is 10.7. The second kappa shape index (κ2) is 9.36. The van der Waals surface area contributed by atoms with Crippen LogP contribution in [0.3, 0.4) is 0 Å². The fourth-order valence-electron chi connectivity index (χ4n) is 3.52. The summed E-state index contributed by atoms with van der Waals surface area (Å²) >= 11 is 0. The van der Waals surface area contributed by atoms with Gasteiger partial charge in [0.05, 0.1) is 17.8 Å². The molecule has 5 rings (SSSR count). The zero-order valence-electron chi connectivity index (χ0n) is 18.2. The Morgan fingerprint density at radius 1 is 0.758 bits per heavy atom. The minimum Gasteiger partial charge on any atom is -0.493 e. The fraction of sp³-hybridized carbons (Fsp3) is 0.0741. The summed E-state index contributed by atoms with van der Waals surface area (Å²) in [4.78, 5) is 3.58. The van der Waals surface area contributed by atoms with Crippen molar-refractivity contribution in [3.8, 4) is 34.3 Å². The van der Waals surface area contributed by atoms with Crippen molar-refractivity contribution in [1.29, 1.82) is 0 Å². The molecule has 0 radical (unpaired) electrons. The van der Waals surface area contributed by atoms with Crippen LogP contribution in [0.2, 0.25) is 0 Å². The minimum absolute atomic E-state index is 0.464. The summed E-state index contributed by atoms with van der Waals surface area (Å²) in [5, 5.41) is 9.60. The van der Waals surface area contributed by atoms with Crippen LogP contribution in [0.15, 0.2) is 109 Å². The molecule has 0 saturated carbocycles. The molecule has 5 aromatic rings. The molecule has 0 bridgehead atoms. The summed E-state index contributed by atoms with van der Waals surface area (Å²) in [5.41, 5.74) is 3.75. The van der Waals surface area contributed by atoms with Gasteiger partial charge in [0.15, 0.2) is 17.2 Å². The maximum absolute atomic E-state index is 6.00. The molecular formula is C27H23N4O2+. The van der Waals surface area contributed by atoms with Crippen LogP contribution in [0.5, 0.6) is 11.5 Å². The van der Waals surface area contributed by atoms with Gasteiger partial charge in [-0.25, -0.2) is 0 Å². The van der Waals surface area contributed by atoms with Crippen molar-refractivity contribution < 1.29 is 14.3 Å². The van der Waals surface area contributed by atoms with Crippen molar-refractivity contribution in [2.24, 2.45) is 0 Å². The maximum Gasteiger partial charge on any atom is 0.340 e. The molecule has 0 aliphatic heterocycles. The van der Waals surface area contributed by atoms with E-state index in [0.29, 0.717) is 23.9 Å². The van der Waals surface area contributed by atoms with Gasteiger partial charge >= 0.3 is 5.82 Å². The van der Waals surface area contributed by atoms with Gasteiger partial charge in [-0.05, 0) is 57.9 Å². The minimum atomic E-state index is 0.464. The standard InChI is InChI=1S/C27H23N4O2/c1-32-26-19-22(17-18-25(26)33-20-21-11-5-2-6-12-21)27-28-30(23-13-7-3-8-14-23)31(29-27)24-15-9-4-10-16-24/h2-19H,20H2,1H3/q+1. The lowest BCUT2D eigenvalue weighted by Crippen LogP contribution is -2.43. The number of hydrogen-bond acceptors (Lipinski definition) is 4. The predicted octanol–water partition coefficient (Wildman–Crippen LogP) is 4.80. The molecule has 0 atom stereocenters. The number of ether oxygens (including phenoxy) is 2. The molecule has 1 heterocycles. The molecule has 6 heteroatoms. The smallest absolute Gasteiger partial charge is 0.340 e. The second-order valence-corrected chi connectivity index (χ2v) is 7.41. The lowest BCUT2D eigenvalue weighted by atomic mass is 10.2. The molecule has 1 aromatic heterocycles. The van der Waals surface area contributed by atoms with Crippen LogP contribution >= 0.6 is 0 Å². The van der Waals surface area contributed by atoms with Gasteiger partial charge < -0.3 is 9.47 Å². The number of tetrazole rings is 1. The van der Waals surface area contributed by atoms with E-state index in [4.69, 9.17) is 19.7 Å². The van der Waals surface area contributed by atoms with E-state index < -0.39 is 0 Å². The van der Waals surface area contributed by atoms with Crippen molar-refractivity contribution >= 4 is 0 Å². The molecule has 4 aromatic carbocycles. The first-order valence-electron chi connectivity index (χ1n) is 10.7. The Kier molecular flexibility index (Phi) is 5.80. The van der Waals surface area contributed by atoms with Crippen molar-refractivity contribution in [2.45, 2.75) is 6.61 Å². The number of hydrogen-bond donors (Lipinski definition) is 0. The monoisotopic (exact) mass is 435 g/mol. The molecule has 0 saturated heterocycles. The zero-order chi connectivity index (χ0) is 22.5. The van der Waals surface area contributed by atoms with Crippen LogP contribution in [-0.4, -0.2) is 22.1 Å². The average Bonchev–Trinajstić information content (AvgIpc) is 3.35. The SMILES string of the molecule is COc1cc(-c2nn(-c3ccccc3)[n+](-c3ccccc3)n2)ccc1OCc1ccccc1. The van der Waals surface area contributed by atoms with Gasteiger partial charge in [-0.1, -0.05) is 66.7 Å². The van der Waals surface area contributed by atoms with E-state index >= 15 is 0 Å². The molecule has 0 amide bonds. The number of rotatable bonds is 7. The quantitative estimate of drug-likeness (QED) is 0.345. The molecule has 6 nitrogen and oxygen atoms in total. The average molecular weight is 436 g/mol. The van der Waals surface area contributed by atoms with E-state index in [-0.39, 0.29) is 0 Å². The molecule has 0 N–H and O–H groups in total. The van der Waals surface area contributed by atoms with Gasteiger partial charge in [0.2, 0.25) is 0 Å². The molecule has 0 fully saturated rings. The van der Waals surface area contributed by atoms with E-state index in [1.54, 1.807) is 16.7 Å². The maximum atomic E-state index is 6.00. The molecular weight excluding hydrogens is 412 g/mol. The second-order valence-electron chi connectivity index (χ2n) is 7.41. The van der Waals surface area contributed by atoms with Gasteiger partial charge in [-0.3, -0.25) is 0 Å². The van der Waals surface area contributed by atoms with Gasteiger partial charge in [-0.2, -0.15) is 0 Å². The van der Waals surface area contributed by atoms with E-state index in [1.165, 1.54) is 0 Å². The molecule has 162 valence electrons. The van der Waals surface area contributed by atoms with E-state index in [2.05, 4.69) is 0 Å². The molecule has 0 aliphatic carbocycles. The summed E-state index contributed by atoms with van der Waals surface area (Å²) in [6, 6.07) is 35.7. The first kappa shape index (κ1) is 20.5. The molecule has 0 unspecified atom stereocenters. The van der Waals surface area contributed by atoms with Crippen molar-refractivity contribution in [3.63, 3.8) is 0 Å². The van der Waals surface area contributed by atoms with Gasteiger partial charge in [0.25, 0.3) is 0 Å². The number of para-hydroxylation sites is 2. The number of methoxy groups -OCH3 is 1. The topological polar surface area (TPSA) is 53.0 Å².